The van der Waals surface area contributed by atoms with Gasteiger partial charge in [0.1, 0.15) is 0 Å². The van der Waals surface area contributed by atoms with Gasteiger partial charge in [-0.15, -0.1) is 0 Å². The van der Waals surface area contributed by atoms with Crippen molar-refractivity contribution in [3.05, 3.63) is 0 Å². The number of nitrogens with zero attached hydrogens (tertiary/aromatic N) is 1. The third kappa shape index (κ3) is 3.60. The fraction of sp³-hybridized carbons (Fsp3) is 1.00. The zero-order valence-electron chi connectivity index (χ0n) is 8.44. The molecule has 1 aliphatic rings. The molecule has 3 atom stereocenters. The molecule has 0 aliphatic carbocycles. The topological polar surface area (TPSA) is 58.7 Å². The lowest BCUT2D eigenvalue weighted by Gasteiger charge is -2.35. The summed E-state index contributed by atoms with van der Waals surface area (Å²) in [6.45, 7) is 6.93. The van der Waals surface area contributed by atoms with Gasteiger partial charge in [-0.2, -0.15) is 0 Å². The molecule has 13 heavy (non-hydrogen) atoms. The molecule has 4 nitrogen and oxygen atoms in total. The van der Waals surface area contributed by atoms with Gasteiger partial charge in [0.2, 0.25) is 0 Å². The van der Waals surface area contributed by atoms with E-state index in [-0.39, 0.29) is 18.2 Å². The molecule has 1 aliphatic heterocycles. The Morgan fingerprint density at radius 2 is 2.31 bits per heavy atom. The third-order valence-corrected chi connectivity index (χ3v) is 2.29. The van der Waals surface area contributed by atoms with Gasteiger partial charge in [0.05, 0.1) is 18.8 Å². The van der Waals surface area contributed by atoms with Crippen molar-refractivity contribution in [3.63, 3.8) is 0 Å². The molecule has 0 radical (unpaired) electrons. The fourth-order valence-electron chi connectivity index (χ4n) is 1.59. The minimum atomic E-state index is -0.271. The van der Waals surface area contributed by atoms with E-state index >= 15 is 0 Å². The Bertz CT molecular complexity index is 151. The van der Waals surface area contributed by atoms with E-state index in [1.54, 1.807) is 6.92 Å². The maximum Gasteiger partial charge on any atom is 0.0850 e. The SMILES string of the molecule is CC(O)CN1CCOC(C(C)N)C1. The Labute approximate surface area is 79.7 Å². The van der Waals surface area contributed by atoms with Crippen LogP contribution in [0.4, 0.5) is 0 Å². The first-order chi connectivity index (χ1) is 6.09. The molecule has 1 fully saturated rings. The van der Waals surface area contributed by atoms with E-state index in [1.165, 1.54) is 0 Å². The quantitative estimate of drug-likeness (QED) is 0.622. The van der Waals surface area contributed by atoms with Crippen molar-refractivity contribution in [2.75, 3.05) is 26.2 Å². The van der Waals surface area contributed by atoms with Crippen LogP contribution in [-0.2, 0) is 4.74 Å². The van der Waals surface area contributed by atoms with Crippen molar-refractivity contribution in [2.45, 2.75) is 32.1 Å². The standard InChI is InChI=1S/C9H20N2O2/c1-7(12)5-11-3-4-13-9(6-11)8(2)10/h7-9,12H,3-6,10H2,1-2H3. The minimum absolute atomic E-state index is 0.0665. The zero-order valence-corrected chi connectivity index (χ0v) is 8.44. The van der Waals surface area contributed by atoms with E-state index in [9.17, 15) is 5.11 Å². The van der Waals surface area contributed by atoms with Gasteiger partial charge in [-0.1, -0.05) is 0 Å². The second kappa shape index (κ2) is 4.91. The van der Waals surface area contributed by atoms with Gasteiger partial charge >= 0.3 is 0 Å². The highest BCUT2D eigenvalue weighted by Crippen LogP contribution is 2.07. The van der Waals surface area contributed by atoms with Crippen LogP contribution in [0.3, 0.4) is 0 Å². The number of hydrogen-bond acceptors (Lipinski definition) is 4. The summed E-state index contributed by atoms with van der Waals surface area (Å²) in [7, 11) is 0. The van der Waals surface area contributed by atoms with Crippen LogP contribution in [0.15, 0.2) is 0 Å². The maximum absolute atomic E-state index is 9.22. The highest BCUT2D eigenvalue weighted by atomic mass is 16.5. The number of aliphatic hydroxyl groups excluding tert-OH is 1. The monoisotopic (exact) mass is 188 g/mol. The molecular formula is C9H20N2O2. The summed E-state index contributed by atoms with van der Waals surface area (Å²) in [6.07, 6.45) is -0.153. The molecule has 0 saturated carbocycles. The molecule has 1 rings (SSSR count). The highest BCUT2D eigenvalue weighted by molar-refractivity contribution is 4.78. The lowest BCUT2D eigenvalue weighted by atomic mass is 10.1. The first kappa shape index (κ1) is 10.9. The van der Waals surface area contributed by atoms with Gasteiger partial charge in [0.25, 0.3) is 0 Å². The normalized spacial score (nSPS) is 30.0. The van der Waals surface area contributed by atoms with Gasteiger partial charge in [-0.3, -0.25) is 4.90 Å². The lowest BCUT2D eigenvalue weighted by molar-refractivity contribution is -0.0470. The van der Waals surface area contributed by atoms with Gasteiger partial charge in [0.15, 0.2) is 0 Å². The maximum atomic E-state index is 9.22. The number of nitrogens with two attached hydrogens (primary N) is 1. The Balaban J connectivity index is 2.33. The Kier molecular flexibility index (Phi) is 4.12. The number of morpholine rings is 1. The first-order valence-corrected chi connectivity index (χ1v) is 4.87. The largest absolute Gasteiger partial charge is 0.392 e. The molecule has 0 aromatic rings. The summed E-state index contributed by atoms with van der Waals surface area (Å²) in [5.41, 5.74) is 5.75. The van der Waals surface area contributed by atoms with E-state index in [2.05, 4.69) is 4.90 Å². The average Bonchev–Trinajstić information content (AvgIpc) is 2.03. The van der Waals surface area contributed by atoms with Crippen molar-refractivity contribution in [1.29, 1.82) is 0 Å². The van der Waals surface area contributed by atoms with Gasteiger partial charge in [-0.05, 0) is 13.8 Å². The molecular weight excluding hydrogens is 168 g/mol. The molecule has 3 N–H and O–H groups in total. The summed E-state index contributed by atoms with van der Waals surface area (Å²) < 4.78 is 5.50. The molecule has 0 bridgehead atoms. The van der Waals surface area contributed by atoms with E-state index in [0.29, 0.717) is 6.54 Å². The molecule has 0 amide bonds. The Morgan fingerprint density at radius 1 is 1.62 bits per heavy atom. The average molecular weight is 188 g/mol. The highest BCUT2D eigenvalue weighted by Gasteiger charge is 2.23. The Hall–Kier alpha value is -0.160. The summed E-state index contributed by atoms with van der Waals surface area (Å²) in [6, 6.07) is 0.0665. The molecule has 4 heteroatoms. The van der Waals surface area contributed by atoms with Crippen LogP contribution in [0, 0.1) is 0 Å². The fourth-order valence-corrected chi connectivity index (χ4v) is 1.59. The smallest absolute Gasteiger partial charge is 0.0850 e. The predicted molar refractivity (Wildman–Crippen MR) is 51.5 cm³/mol. The molecule has 0 aromatic carbocycles. The first-order valence-electron chi connectivity index (χ1n) is 4.87. The molecule has 0 aromatic heterocycles. The van der Waals surface area contributed by atoms with E-state index in [1.807, 2.05) is 6.92 Å². The summed E-state index contributed by atoms with van der Waals surface area (Å²) in [5.74, 6) is 0. The predicted octanol–water partition coefficient (Wildman–Crippen LogP) is -0.585. The van der Waals surface area contributed by atoms with Crippen LogP contribution >= 0.6 is 0 Å². The molecule has 3 unspecified atom stereocenters. The number of rotatable bonds is 3. The van der Waals surface area contributed by atoms with Crippen LogP contribution in [0.1, 0.15) is 13.8 Å². The zero-order chi connectivity index (χ0) is 9.84. The molecule has 1 saturated heterocycles. The van der Waals surface area contributed by atoms with Crippen LogP contribution in [0.5, 0.6) is 0 Å². The van der Waals surface area contributed by atoms with Crippen molar-refractivity contribution in [1.82, 2.24) is 4.90 Å². The number of ether oxygens (including phenoxy) is 1. The van der Waals surface area contributed by atoms with Crippen LogP contribution in [-0.4, -0.2) is 54.5 Å². The van der Waals surface area contributed by atoms with Crippen molar-refractivity contribution in [3.8, 4) is 0 Å². The van der Waals surface area contributed by atoms with Gasteiger partial charge in [-0.25, -0.2) is 0 Å². The van der Waals surface area contributed by atoms with E-state index < -0.39 is 0 Å². The third-order valence-electron chi connectivity index (χ3n) is 2.29. The van der Waals surface area contributed by atoms with Crippen molar-refractivity contribution in [2.24, 2.45) is 5.73 Å². The van der Waals surface area contributed by atoms with Crippen LogP contribution in [0.25, 0.3) is 0 Å². The summed E-state index contributed by atoms with van der Waals surface area (Å²) >= 11 is 0. The number of β-amino-alcohol motifs (C(OH)–C–C–N with tert-alkyl or cyclic N) is 1. The van der Waals surface area contributed by atoms with E-state index in [4.69, 9.17) is 10.5 Å². The van der Waals surface area contributed by atoms with Gasteiger partial charge < -0.3 is 15.6 Å². The molecule has 78 valence electrons. The number of aliphatic hydroxyl groups is 1. The Morgan fingerprint density at radius 3 is 2.85 bits per heavy atom. The van der Waals surface area contributed by atoms with Crippen LogP contribution < -0.4 is 5.73 Å². The van der Waals surface area contributed by atoms with Crippen molar-refractivity contribution < 1.29 is 9.84 Å². The lowest BCUT2D eigenvalue weighted by Crippen LogP contribution is -2.50. The minimum Gasteiger partial charge on any atom is -0.392 e. The molecule has 1 heterocycles. The van der Waals surface area contributed by atoms with Crippen molar-refractivity contribution >= 4 is 0 Å². The van der Waals surface area contributed by atoms with Crippen LogP contribution in [0.2, 0.25) is 0 Å². The summed E-state index contributed by atoms with van der Waals surface area (Å²) in [5, 5.41) is 9.22. The van der Waals surface area contributed by atoms with E-state index in [0.717, 1.165) is 19.7 Å². The summed E-state index contributed by atoms with van der Waals surface area (Å²) in [4.78, 5) is 2.20. The second-order valence-corrected chi connectivity index (χ2v) is 3.88. The number of hydrogen-bond donors (Lipinski definition) is 2. The molecule has 0 spiro atoms. The van der Waals surface area contributed by atoms with Gasteiger partial charge in [0, 0.05) is 25.7 Å². The second-order valence-electron chi connectivity index (χ2n) is 3.88.